The molecule has 1 N–H and O–H groups in total. The molecule has 0 spiro atoms. The van der Waals surface area contributed by atoms with Crippen molar-refractivity contribution >= 4 is 0 Å². The Kier molecular flexibility index (Phi) is 5.62. The number of hydrogen-bond acceptors (Lipinski definition) is 2. The van der Waals surface area contributed by atoms with Gasteiger partial charge >= 0.3 is 0 Å². The van der Waals surface area contributed by atoms with E-state index >= 15 is 0 Å². The zero-order valence-corrected chi connectivity index (χ0v) is 12.1. The second kappa shape index (κ2) is 7.46. The van der Waals surface area contributed by atoms with Gasteiger partial charge in [-0.05, 0) is 36.9 Å². The van der Waals surface area contributed by atoms with Gasteiger partial charge in [-0.1, -0.05) is 37.3 Å². The van der Waals surface area contributed by atoms with Crippen LogP contribution in [0.25, 0.3) is 0 Å². The van der Waals surface area contributed by atoms with E-state index in [1.807, 2.05) is 6.08 Å². The number of nitrogens with zero attached hydrogens (tertiary/aromatic N) is 1. The zero-order chi connectivity index (χ0) is 13.5. The Morgan fingerprint density at radius 1 is 1.37 bits per heavy atom. The standard InChI is InChI=1S/C17H26N2/c1-3-10-19(11-4-2)14-16-7-5-6-15(12-16)13-18-17-8-9-17/h3,5-7,12,17-18H,1,4,8-11,13-14H2,2H3. The Bertz CT molecular complexity index is 396. The SMILES string of the molecule is C=CCN(CCC)Cc1cccc(CNC2CC2)c1. The van der Waals surface area contributed by atoms with Crippen LogP contribution in [0.15, 0.2) is 36.9 Å². The highest BCUT2D eigenvalue weighted by molar-refractivity contribution is 5.23. The largest absolute Gasteiger partial charge is 0.310 e. The Morgan fingerprint density at radius 2 is 2.16 bits per heavy atom. The normalized spacial score (nSPS) is 14.8. The van der Waals surface area contributed by atoms with Gasteiger partial charge in [0.2, 0.25) is 0 Å². The molecule has 0 amide bonds. The quantitative estimate of drug-likeness (QED) is 0.683. The second-order valence-corrected chi connectivity index (χ2v) is 5.50. The van der Waals surface area contributed by atoms with Crippen LogP contribution in [0, 0.1) is 0 Å². The second-order valence-electron chi connectivity index (χ2n) is 5.50. The van der Waals surface area contributed by atoms with E-state index in [1.165, 1.54) is 30.4 Å². The molecule has 0 unspecified atom stereocenters. The molecule has 0 saturated heterocycles. The van der Waals surface area contributed by atoms with Crippen LogP contribution in [-0.2, 0) is 13.1 Å². The minimum atomic E-state index is 0.779. The molecular weight excluding hydrogens is 232 g/mol. The molecule has 1 aliphatic carbocycles. The van der Waals surface area contributed by atoms with Crippen molar-refractivity contribution in [3.05, 3.63) is 48.0 Å². The Labute approximate surface area is 117 Å². The maximum Gasteiger partial charge on any atom is 0.0237 e. The molecule has 2 nitrogen and oxygen atoms in total. The van der Waals surface area contributed by atoms with Crippen molar-refractivity contribution in [2.24, 2.45) is 0 Å². The van der Waals surface area contributed by atoms with Crippen LogP contribution in [0.2, 0.25) is 0 Å². The third kappa shape index (κ3) is 5.17. The van der Waals surface area contributed by atoms with E-state index in [0.717, 1.165) is 32.2 Å². The zero-order valence-electron chi connectivity index (χ0n) is 12.1. The first kappa shape index (κ1) is 14.3. The molecule has 19 heavy (non-hydrogen) atoms. The van der Waals surface area contributed by atoms with E-state index < -0.39 is 0 Å². The van der Waals surface area contributed by atoms with Crippen LogP contribution in [0.3, 0.4) is 0 Å². The van der Waals surface area contributed by atoms with Gasteiger partial charge in [0.25, 0.3) is 0 Å². The highest BCUT2D eigenvalue weighted by Gasteiger charge is 2.19. The van der Waals surface area contributed by atoms with Crippen molar-refractivity contribution in [3.8, 4) is 0 Å². The van der Waals surface area contributed by atoms with Gasteiger partial charge in [0.05, 0.1) is 0 Å². The van der Waals surface area contributed by atoms with Gasteiger partial charge in [-0.2, -0.15) is 0 Å². The molecule has 0 heterocycles. The lowest BCUT2D eigenvalue weighted by Gasteiger charge is -2.20. The van der Waals surface area contributed by atoms with Gasteiger partial charge in [-0.3, -0.25) is 4.90 Å². The van der Waals surface area contributed by atoms with Crippen LogP contribution in [0.4, 0.5) is 0 Å². The average Bonchev–Trinajstić information content (AvgIpc) is 3.21. The summed E-state index contributed by atoms with van der Waals surface area (Å²) in [6.45, 7) is 10.2. The lowest BCUT2D eigenvalue weighted by atomic mass is 10.1. The van der Waals surface area contributed by atoms with Crippen molar-refractivity contribution in [1.29, 1.82) is 0 Å². The fourth-order valence-corrected chi connectivity index (χ4v) is 2.38. The minimum absolute atomic E-state index is 0.779. The molecule has 1 fully saturated rings. The predicted octanol–water partition coefficient (Wildman–Crippen LogP) is 3.34. The molecule has 0 radical (unpaired) electrons. The summed E-state index contributed by atoms with van der Waals surface area (Å²) in [5.41, 5.74) is 2.81. The smallest absolute Gasteiger partial charge is 0.0237 e. The summed E-state index contributed by atoms with van der Waals surface area (Å²) < 4.78 is 0. The molecule has 0 aromatic heterocycles. The molecule has 1 saturated carbocycles. The van der Waals surface area contributed by atoms with Crippen molar-refractivity contribution in [2.45, 2.75) is 45.3 Å². The first-order valence-electron chi connectivity index (χ1n) is 7.46. The Balaban J connectivity index is 1.89. The number of hydrogen-bond donors (Lipinski definition) is 1. The van der Waals surface area contributed by atoms with Gasteiger partial charge in [0.1, 0.15) is 0 Å². The highest BCUT2D eigenvalue weighted by atomic mass is 15.1. The minimum Gasteiger partial charge on any atom is -0.310 e. The van der Waals surface area contributed by atoms with E-state index in [9.17, 15) is 0 Å². The topological polar surface area (TPSA) is 15.3 Å². The molecular formula is C17H26N2. The molecule has 0 aliphatic heterocycles. The van der Waals surface area contributed by atoms with Gasteiger partial charge in [-0.25, -0.2) is 0 Å². The monoisotopic (exact) mass is 258 g/mol. The molecule has 0 atom stereocenters. The van der Waals surface area contributed by atoms with E-state index in [-0.39, 0.29) is 0 Å². The third-order valence-corrected chi connectivity index (χ3v) is 3.50. The van der Waals surface area contributed by atoms with Crippen LogP contribution >= 0.6 is 0 Å². The fraction of sp³-hybridized carbons (Fsp3) is 0.529. The van der Waals surface area contributed by atoms with E-state index in [1.54, 1.807) is 0 Å². The van der Waals surface area contributed by atoms with Crippen LogP contribution in [-0.4, -0.2) is 24.0 Å². The molecule has 0 bridgehead atoms. The van der Waals surface area contributed by atoms with E-state index in [4.69, 9.17) is 0 Å². The van der Waals surface area contributed by atoms with Crippen LogP contribution < -0.4 is 5.32 Å². The van der Waals surface area contributed by atoms with Gasteiger partial charge in [0.15, 0.2) is 0 Å². The summed E-state index contributed by atoms with van der Waals surface area (Å²) in [6.07, 6.45) is 5.89. The fourth-order valence-electron chi connectivity index (χ4n) is 2.38. The molecule has 1 aromatic carbocycles. The molecule has 2 heteroatoms. The summed E-state index contributed by atoms with van der Waals surface area (Å²) in [7, 11) is 0. The summed E-state index contributed by atoms with van der Waals surface area (Å²) in [4.78, 5) is 2.44. The summed E-state index contributed by atoms with van der Waals surface area (Å²) >= 11 is 0. The van der Waals surface area contributed by atoms with Gasteiger partial charge in [-0.15, -0.1) is 6.58 Å². The van der Waals surface area contributed by atoms with E-state index in [0.29, 0.717) is 0 Å². The molecule has 2 rings (SSSR count). The average molecular weight is 258 g/mol. The number of benzene rings is 1. The van der Waals surface area contributed by atoms with Gasteiger partial charge in [0, 0.05) is 25.7 Å². The van der Waals surface area contributed by atoms with Crippen LogP contribution in [0.1, 0.15) is 37.3 Å². The van der Waals surface area contributed by atoms with Crippen molar-refractivity contribution in [2.75, 3.05) is 13.1 Å². The Morgan fingerprint density at radius 3 is 2.84 bits per heavy atom. The molecule has 1 aliphatic rings. The first-order valence-corrected chi connectivity index (χ1v) is 7.46. The highest BCUT2D eigenvalue weighted by Crippen LogP contribution is 2.19. The first-order chi connectivity index (χ1) is 9.31. The molecule has 104 valence electrons. The Hall–Kier alpha value is -1.12. The number of nitrogens with one attached hydrogen (secondary N) is 1. The van der Waals surface area contributed by atoms with Crippen molar-refractivity contribution in [1.82, 2.24) is 10.2 Å². The lowest BCUT2D eigenvalue weighted by molar-refractivity contribution is 0.295. The van der Waals surface area contributed by atoms with E-state index in [2.05, 4.69) is 48.0 Å². The molecule has 1 aromatic rings. The third-order valence-electron chi connectivity index (χ3n) is 3.50. The maximum absolute atomic E-state index is 3.85. The summed E-state index contributed by atoms with van der Waals surface area (Å²) in [6, 6.07) is 9.74. The van der Waals surface area contributed by atoms with Crippen molar-refractivity contribution < 1.29 is 0 Å². The lowest BCUT2D eigenvalue weighted by Crippen LogP contribution is -2.24. The predicted molar refractivity (Wildman–Crippen MR) is 82.1 cm³/mol. The maximum atomic E-state index is 3.85. The summed E-state index contributed by atoms with van der Waals surface area (Å²) in [5.74, 6) is 0. The summed E-state index contributed by atoms with van der Waals surface area (Å²) in [5, 5.41) is 3.57. The number of rotatable bonds is 9. The van der Waals surface area contributed by atoms with Gasteiger partial charge < -0.3 is 5.32 Å². The van der Waals surface area contributed by atoms with Crippen LogP contribution in [0.5, 0.6) is 0 Å². The van der Waals surface area contributed by atoms with Crippen molar-refractivity contribution in [3.63, 3.8) is 0 Å².